The molecule has 5 nitrogen and oxygen atoms in total. The van der Waals surface area contributed by atoms with Crippen LogP contribution in [0.4, 0.5) is 11.6 Å². The Morgan fingerprint density at radius 1 is 1.05 bits per heavy atom. The number of rotatable bonds is 3. The standard InChI is InChI=1S/C14H22N4O/c19-16-13-4-5-14(15-13)18-10-6-12(7-11-18)17-8-2-1-3-9-17/h4-5,12,15H,1-3,6-11H2. The van der Waals surface area contributed by atoms with Crippen molar-refractivity contribution in [2.75, 3.05) is 31.1 Å². The van der Waals surface area contributed by atoms with E-state index >= 15 is 0 Å². The van der Waals surface area contributed by atoms with E-state index in [-0.39, 0.29) is 0 Å². The number of nitrogens with one attached hydrogen (secondary N) is 1. The lowest BCUT2D eigenvalue weighted by Gasteiger charge is -2.40. The van der Waals surface area contributed by atoms with E-state index in [2.05, 4.69) is 20.0 Å². The maximum Gasteiger partial charge on any atom is 0.176 e. The average molecular weight is 262 g/mol. The van der Waals surface area contributed by atoms with Gasteiger partial charge in [0.1, 0.15) is 5.82 Å². The number of aromatic amines is 1. The van der Waals surface area contributed by atoms with Crippen LogP contribution in [-0.2, 0) is 0 Å². The molecule has 1 aromatic rings. The molecule has 2 saturated heterocycles. The number of H-pyrrole nitrogens is 1. The van der Waals surface area contributed by atoms with Crippen LogP contribution >= 0.6 is 0 Å². The van der Waals surface area contributed by atoms with E-state index in [4.69, 9.17) is 0 Å². The molecular formula is C14H22N4O. The van der Waals surface area contributed by atoms with Crippen LogP contribution in [0.3, 0.4) is 0 Å². The molecule has 104 valence electrons. The number of aromatic nitrogens is 1. The third-order valence-corrected chi connectivity index (χ3v) is 4.47. The number of nitrogens with zero attached hydrogens (tertiary/aromatic N) is 3. The monoisotopic (exact) mass is 262 g/mol. The fraction of sp³-hybridized carbons (Fsp3) is 0.714. The SMILES string of the molecule is O=Nc1ccc(N2CCC(N3CCCCC3)CC2)[nH]1. The molecule has 2 aliphatic heterocycles. The fourth-order valence-corrected chi connectivity index (χ4v) is 3.37. The normalized spacial score (nSPS) is 22.6. The zero-order valence-corrected chi connectivity index (χ0v) is 11.3. The van der Waals surface area contributed by atoms with Crippen LogP contribution in [0.1, 0.15) is 32.1 Å². The van der Waals surface area contributed by atoms with Crippen molar-refractivity contribution < 1.29 is 0 Å². The second kappa shape index (κ2) is 5.74. The minimum absolute atomic E-state index is 0.424. The number of anilines is 1. The molecule has 0 spiro atoms. The Morgan fingerprint density at radius 2 is 1.79 bits per heavy atom. The van der Waals surface area contributed by atoms with Crippen molar-refractivity contribution in [3.63, 3.8) is 0 Å². The molecular weight excluding hydrogens is 240 g/mol. The molecule has 0 saturated carbocycles. The van der Waals surface area contributed by atoms with Crippen molar-refractivity contribution in [1.29, 1.82) is 0 Å². The van der Waals surface area contributed by atoms with Crippen LogP contribution in [0.15, 0.2) is 17.3 Å². The van der Waals surface area contributed by atoms with E-state index in [1.165, 1.54) is 45.2 Å². The average Bonchev–Trinajstić information content (AvgIpc) is 2.97. The second-order valence-electron chi connectivity index (χ2n) is 5.63. The summed E-state index contributed by atoms with van der Waals surface area (Å²) >= 11 is 0. The summed E-state index contributed by atoms with van der Waals surface area (Å²) in [6.45, 7) is 4.71. The highest BCUT2D eigenvalue weighted by Crippen LogP contribution is 2.25. The van der Waals surface area contributed by atoms with Crippen LogP contribution in [0.5, 0.6) is 0 Å². The van der Waals surface area contributed by atoms with Crippen LogP contribution < -0.4 is 4.90 Å². The Balaban J connectivity index is 1.55. The largest absolute Gasteiger partial charge is 0.358 e. The quantitative estimate of drug-likeness (QED) is 0.852. The minimum atomic E-state index is 0.424. The molecule has 5 heteroatoms. The molecule has 0 aliphatic carbocycles. The van der Waals surface area contributed by atoms with Gasteiger partial charge in [0.15, 0.2) is 5.82 Å². The van der Waals surface area contributed by atoms with Crippen molar-refractivity contribution in [2.45, 2.75) is 38.1 Å². The van der Waals surface area contributed by atoms with Gasteiger partial charge in [-0.05, 0) is 56.1 Å². The first-order chi connectivity index (χ1) is 9.36. The molecule has 0 bridgehead atoms. The lowest BCUT2D eigenvalue weighted by molar-refractivity contribution is 0.141. The number of nitroso groups, excluding NO2 is 1. The van der Waals surface area contributed by atoms with E-state index in [0.717, 1.165) is 24.9 Å². The van der Waals surface area contributed by atoms with Crippen LogP contribution in [0, 0.1) is 4.91 Å². The number of hydrogen-bond acceptors (Lipinski definition) is 4. The van der Waals surface area contributed by atoms with Crippen molar-refractivity contribution in [2.24, 2.45) is 5.18 Å². The maximum atomic E-state index is 10.5. The van der Waals surface area contributed by atoms with Crippen molar-refractivity contribution in [3.8, 4) is 0 Å². The summed E-state index contributed by atoms with van der Waals surface area (Å²) in [5, 5.41) is 2.93. The van der Waals surface area contributed by atoms with Gasteiger partial charge in [-0.3, -0.25) is 0 Å². The van der Waals surface area contributed by atoms with Crippen LogP contribution in [0.25, 0.3) is 0 Å². The highest BCUT2D eigenvalue weighted by atomic mass is 16.3. The molecule has 0 unspecified atom stereocenters. The van der Waals surface area contributed by atoms with Gasteiger partial charge >= 0.3 is 0 Å². The Hall–Kier alpha value is -1.36. The summed E-state index contributed by atoms with van der Waals surface area (Å²) in [7, 11) is 0. The lowest BCUT2D eigenvalue weighted by Crippen LogP contribution is -2.46. The van der Waals surface area contributed by atoms with Gasteiger partial charge < -0.3 is 14.8 Å². The lowest BCUT2D eigenvalue weighted by atomic mass is 10.00. The number of hydrogen-bond donors (Lipinski definition) is 1. The third-order valence-electron chi connectivity index (χ3n) is 4.47. The number of piperidine rings is 2. The Morgan fingerprint density at radius 3 is 2.42 bits per heavy atom. The van der Waals surface area contributed by atoms with Crippen LogP contribution in [-0.4, -0.2) is 42.1 Å². The van der Waals surface area contributed by atoms with Crippen LogP contribution in [0.2, 0.25) is 0 Å². The molecule has 19 heavy (non-hydrogen) atoms. The van der Waals surface area contributed by atoms with E-state index in [9.17, 15) is 4.91 Å². The Kier molecular flexibility index (Phi) is 3.82. The van der Waals surface area contributed by atoms with Gasteiger partial charge in [0, 0.05) is 19.1 Å². The van der Waals surface area contributed by atoms with E-state index in [0.29, 0.717) is 5.82 Å². The summed E-state index contributed by atoms with van der Waals surface area (Å²) in [4.78, 5) is 18.5. The van der Waals surface area contributed by atoms with E-state index in [1.54, 1.807) is 6.07 Å². The van der Waals surface area contributed by atoms with Gasteiger partial charge in [0.05, 0.1) is 0 Å². The zero-order valence-electron chi connectivity index (χ0n) is 11.3. The van der Waals surface area contributed by atoms with Gasteiger partial charge in [0.2, 0.25) is 0 Å². The molecule has 3 rings (SSSR count). The summed E-state index contributed by atoms with van der Waals surface area (Å²) in [5.41, 5.74) is 0. The highest BCUT2D eigenvalue weighted by molar-refractivity contribution is 5.47. The fourth-order valence-electron chi connectivity index (χ4n) is 3.37. The number of likely N-dealkylation sites (tertiary alicyclic amines) is 1. The first-order valence-electron chi connectivity index (χ1n) is 7.38. The zero-order chi connectivity index (χ0) is 13.1. The predicted octanol–water partition coefficient (Wildman–Crippen LogP) is 2.87. The molecule has 1 N–H and O–H groups in total. The molecule has 0 aromatic carbocycles. The molecule has 0 amide bonds. The van der Waals surface area contributed by atoms with E-state index < -0.39 is 0 Å². The maximum absolute atomic E-state index is 10.5. The summed E-state index contributed by atoms with van der Waals surface area (Å²) in [5.74, 6) is 1.46. The van der Waals surface area contributed by atoms with E-state index in [1.807, 2.05) is 6.07 Å². The first kappa shape index (κ1) is 12.7. The molecule has 3 heterocycles. The predicted molar refractivity (Wildman–Crippen MR) is 76.9 cm³/mol. The second-order valence-corrected chi connectivity index (χ2v) is 5.63. The minimum Gasteiger partial charge on any atom is -0.358 e. The smallest absolute Gasteiger partial charge is 0.176 e. The first-order valence-corrected chi connectivity index (χ1v) is 7.38. The Bertz CT molecular complexity index is 417. The molecule has 0 atom stereocenters. The van der Waals surface area contributed by atoms with Crippen molar-refractivity contribution in [3.05, 3.63) is 17.0 Å². The van der Waals surface area contributed by atoms with Gasteiger partial charge in [-0.1, -0.05) is 6.42 Å². The van der Waals surface area contributed by atoms with Gasteiger partial charge in [-0.25, -0.2) is 0 Å². The summed E-state index contributed by atoms with van der Waals surface area (Å²) in [6, 6.07) is 4.46. The molecule has 0 radical (unpaired) electrons. The summed E-state index contributed by atoms with van der Waals surface area (Å²) in [6.07, 6.45) is 6.58. The molecule has 2 aliphatic rings. The highest BCUT2D eigenvalue weighted by Gasteiger charge is 2.25. The van der Waals surface area contributed by atoms with Crippen molar-refractivity contribution in [1.82, 2.24) is 9.88 Å². The molecule has 2 fully saturated rings. The molecule has 1 aromatic heterocycles. The van der Waals surface area contributed by atoms with Gasteiger partial charge in [0.25, 0.3) is 0 Å². The Labute approximate surface area is 113 Å². The summed E-state index contributed by atoms with van der Waals surface area (Å²) < 4.78 is 0. The van der Waals surface area contributed by atoms with Crippen molar-refractivity contribution >= 4 is 11.6 Å². The third kappa shape index (κ3) is 2.81. The topological polar surface area (TPSA) is 51.7 Å². The van der Waals surface area contributed by atoms with Gasteiger partial charge in [-0.2, -0.15) is 0 Å². The van der Waals surface area contributed by atoms with Gasteiger partial charge in [-0.15, -0.1) is 4.91 Å².